The fraction of sp³-hybridized carbons (Fsp3) is 0.400. The number of carbonyl (C=O) groups excluding carboxylic acids is 1. The van der Waals surface area contributed by atoms with Crippen LogP contribution >= 0.6 is 0 Å². The van der Waals surface area contributed by atoms with Gasteiger partial charge in [-0.05, 0) is 25.0 Å². The number of hydrogen-bond donors (Lipinski definition) is 1. The van der Waals surface area contributed by atoms with Crippen molar-refractivity contribution in [3.8, 4) is 0 Å². The van der Waals surface area contributed by atoms with Gasteiger partial charge in [-0.2, -0.15) is 0 Å². The third kappa shape index (κ3) is 2.22. The van der Waals surface area contributed by atoms with E-state index in [0.29, 0.717) is 5.92 Å². The Morgan fingerprint density at radius 1 is 1.57 bits per heavy atom. The van der Waals surface area contributed by atoms with Crippen LogP contribution in [-0.2, 0) is 11.3 Å². The lowest BCUT2D eigenvalue weighted by atomic mass is 10.2. The Hall–Kier alpha value is -1.58. The van der Waals surface area contributed by atoms with Gasteiger partial charge in [-0.1, -0.05) is 6.07 Å². The Morgan fingerprint density at radius 2 is 2.36 bits per heavy atom. The molecule has 4 nitrogen and oxygen atoms in total. The maximum Gasteiger partial charge on any atom is 0.404 e. The molecule has 14 heavy (non-hydrogen) atoms. The summed E-state index contributed by atoms with van der Waals surface area (Å²) in [5.74, 6) is 0.614. The molecule has 1 aliphatic rings. The molecule has 74 valence electrons. The number of hydrogen-bond acceptors (Lipinski definition) is 3. The van der Waals surface area contributed by atoms with E-state index in [2.05, 4.69) is 9.72 Å². The van der Waals surface area contributed by atoms with Gasteiger partial charge >= 0.3 is 6.09 Å². The Kier molecular flexibility index (Phi) is 2.35. The second kappa shape index (κ2) is 3.65. The zero-order valence-corrected chi connectivity index (χ0v) is 7.77. The van der Waals surface area contributed by atoms with Gasteiger partial charge in [0, 0.05) is 11.6 Å². The number of primary amides is 1. The van der Waals surface area contributed by atoms with Crippen LogP contribution in [0.15, 0.2) is 18.2 Å². The Labute approximate surface area is 82.1 Å². The first-order chi connectivity index (χ1) is 6.75. The molecule has 0 atom stereocenters. The predicted octanol–water partition coefficient (Wildman–Crippen LogP) is 1.55. The van der Waals surface area contributed by atoms with Gasteiger partial charge in [-0.25, -0.2) is 4.79 Å². The number of amides is 1. The number of carbonyl (C=O) groups is 1. The molecular weight excluding hydrogens is 180 g/mol. The highest BCUT2D eigenvalue weighted by atomic mass is 16.5. The normalized spacial score (nSPS) is 15.1. The van der Waals surface area contributed by atoms with Crippen LogP contribution in [0, 0.1) is 0 Å². The first-order valence-corrected chi connectivity index (χ1v) is 4.64. The van der Waals surface area contributed by atoms with Crippen LogP contribution in [0.5, 0.6) is 0 Å². The maximum absolute atomic E-state index is 10.4. The highest BCUT2D eigenvalue weighted by Gasteiger charge is 2.24. The fourth-order valence-corrected chi connectivity index (χ4v) is 1.33. The van der Waals surface area contributed by atoms with Crippen molar-refractivity contribution in [3.05, 3.63) is 29.6 Å². The van der Waals surface area contributed by atoms with E-state index in [-0.39, 0.29) is 6.61 Å². The van der Waals surface area contributed by atoms with E-state index in [0.717, 1.165) is 11.4 Å². The average Bonchev–Trinajstić information content (AvgIpc) is 2.98. The number of aromatic nitrogens is 1. The van der Waals surface area contributed by atoms with Crippen LogP contribution in [0.25, 0.3) is 0 Å². The number of pyridine rings is 1. The molecule has 1 aromatic heterocycles. The number of ether oxygens (including phenoxy) is 1. The molecule has 4 heteroatoms. The molecule has 1 amide bonds. The number of nitrogens with zero attached hydrogens (tertiary/aromatic N) is 1. The van der Waals surface area contributed by atoms with Crippen molar-refractivity contribution in [1.29, 1.82) is 0 Å². The highest BCUT2D eigenvalue weighted by Crippen LogP contribution is 2.38. The van der Waals surface area contributed by atoms with Crippen LogP contribution in [0.3, 0.4) is 0 Å². The lowest BCUT2D eigenvalue weighted by Crippen LogP contribution is -2.13. The molecule has 1 aliphatic carbocycles. The third-order valence-corrected chi connectivity index (χ3v) is 2.19. The molecule has 0 radical (unpaired) electrons. The van der Waals surface area contributed by atoms with Crippen LogP contribution < -0.4 is 5.73 Å². The first kappa shape index (κ1) is 8.99. The van der Waals surface area contributed by atoms with Crippen molar-refractivity contribution in [2.24, 2.45) is 5.73 Å². The largest absolute Gasteiger partial charge is 0.443 e. The molecule has 0 unspecified atom stereocenters. The summed E-state index contributed by atoms with van der Waals surface area (Å²) in [5.41, 5.74) is 6.71. The van der Waals surface area contributed by atoms with Gasteiger partial charge in [0.25, 0.3) is 0 Å². The third-order valence-electron chi connectivity index (χ3n) is 2.19. The molecule has 0 aliphatic heterocycles. The van der Waals surface area contributed by atoms with Crippen molar-refractivity contribution in [2.75, 3.05) is 0 Å². The van der Waals surface area contributed by atoms with Crippen molar-refractivity contribution in [2.45, 2.75) is 25.4 Å². The molecular formula is C10H12N2O2. The Balaban J connectivity index is 2.02. The van der Waals surface area contributed by atoms with Gasteiger partial charge in [-0.3, -0.25) is 4.98 Å². The monoisotopic (exact) mass is 192 g/mol. The highest BCUT2D eigenvalue weighted by molar-refractivity contribution is 5.64. The molecule has 1 aromatic rings. The van der Waals surface area contributed by atoms with E-state index >= 15 is 0 Å². The van der Waals surface area contributed by atoms with E-state index < -0.39 is 6.09 Å². The van der Waals surface area contributed by atoms with Crippen molar-refractivity contribution in [1.82, 2.24) is 4.98 Å². The lowest BCUT2D eigenvalue weighted by molar-refractivity contribution is 0.149. The van der Waals surface area contributed by atoms with Crippen LogP contribution in [0.4, 0.5) is 4.79 Å². The van der Waals surface area contributed by atoms with E-state index in [1.54, 1.807) is 0 Å². The summed E-state index contributed by atoms with van der Waals surface area (Å²) >= 11 is 0. The number of nitrogens with two attached hydrogens (primary N) is 1. The summed E-state index contributed by atoms with van der Waals surface area (Å²) in [6.07, 6.45) is 1.67. The van der Waals surface area contributed by atoms with Gasteiger partial charge in [0.05, 0.1) is 5.69 Å². The van der Waals surface area contributed by atoms with Crippen molar-refractivity contribution < 1.29 is 9.53 Å². The molecule has 0 aromatic carbocycles. The molecule has 0 spiro atoms. The minimum absolute atomic E-state index is 0.163. The SMILES string of the molecule is NC(=O)OCc1cccc(C2CC2)n1. The predicted molar refractivity (Wildman–Crippen MR) is 50.6 cm³/mol. The minimum atomic E-state index is -0.761. The first-order valence-electron chi connectivity index (χ1n) is 4.64. The Morgan fingerprint density at radius 3 is 3.00 bits per heavy atom. The van der Waals surface area contributed by atoms with Gasteiger partial charge in [0.2, 0.25) is 0 Å². The summed E-state index contributed by atoms with van der Waals surface area (Å²) in [6, 6.07) is 5.76. The van der Waals surface area contributed by atoms with Crippen LogP contribution in [0.2, 0.25) is 0 Å². The van der Waals surface area contributed by atoms with Crippen molar-refractivity contribution in [3.63, 3.8) is 0 Å². The van der Waals surface area contributed by atoms with Crippen LogP contribution in [0.1, 0.15) is 30.1 Å². The fourth-order valence-electron chi connectivity index (χ4n) is 1.33. The standard InChI is InChI=1S/C10H12N2O2/c11-10(13)14-6-8-2-1-3-9(12-8)7-4-5-7/h1-3,7H,4-6H2,(H2,11,13). The van der Waals surface area contributed by atoms with Gasteiger partial charge < -0.3 is 10.5 Å². The second-order valence-corrected chi connectivity index (χ2v) is 3.44. The number of rotatable bonds is 3. The summed E-state index contributed by atoms with van der Waals surface area (Å²) < 4.78 is 4.66. The molecule has 1 saturated carbocycles. The smallest absolute Gasteiger partial charge is 0.404 e. The van der Waals surface area contributed by atoms with E-state index in [9.17, 15) is 4.79 Å². The molecule has 2 N–H and O–H groups in total. The topological polar surface area (TPSA) is 65.2 Å². The molecule has 1 fully saturated rings. The zero-order valence-electron chi connectivity index (χ0n) is 7.77. The van der Waals surface area contributed by atoms with E-state index in [1.807, 2.05) is 18.2 Å². The Bertz CT molecular complexity index is 348. The average molecular weight is 192 g/mol. The molecule has 1 heterocycles. The van der Waals surface area contributed by atoms with Gasteiger partial charge in [0.1, 0.15) is 6.61 Å². The summed E-state index contributed by atoms with van der Waals surface area (Å²) in [5, 5.41) is 0. The van der Waals surface area contributed by atoms with Crippen LogP contribution in [-0.4, -0.2) is 11.1 Å². The molecule has 0 bridgehead atoms. The second-order valence-electron chi connectivity index (χ2n) is 3.44. The van der Waals surface area contributed by atoms with Gasteiger partial charge in [-0.15, -0.1) is 0 Å². The molecule has 0 saturated heterocycles. The lowest BCUT2D eigenvalue weighted by Gasteiger charge is -2.03. The van der Waals surface area contributed by atoms with E-state index in [1.165, 1.54) is 12.8 Å². The van der Waals surface area contributed by atoms with Gasteiger partial charge in [0.15, 0.2) is 0 Å². The quantitative estimate of drug-likeness (QED) is 0.790. The summed E-state index contributed by atoms with van der Waals surface area (Å²) in [6.45, 7) is 0.163. The summed E-state index contributed by atoms with van der Waals surface area (Å²) in [7, 11) is 0. The maximum atomic E-state index is 10.4. The van der Waals surface area contributed by atoms with Crippen molar-refractivity contribution >= 4 is 6.09 Å². The van der Waals surface area contributed by atoms with E-state index in [4.69, 9.17) is 5.73 Å². The minimum Gasteiger partial charge on any atom is -0.443 e. The zero-order chi connectivity index (χ0) is 9.97. The summed E-state index contributed by atoms with van der Waals surface area (Å²) in [4.78, 5) is 14.7. The molecule has 2 rings (SSSR count).